The molecule has 0 aliphatic rings. The molecular formula is C22H23N3O. The molecule has 0 saturated carbocycles. The fourth-order valence-corrected chi connectivity index (χ4v) is 2.69. The van der Waals surface area contributed by atoms with E-state index in [1.807, 2.05) is 60.7 Å². The van der Waals surface area contributed by atoms with Crippen LogP contribution in [0, 0.1) is 6.92 Å². The SMILES string of the molecule is Cc1cccc(CCNC(=O)Nc2ccc(Nc3ccccc3)cc2)c1. The third-order valence-corrected chi connectivity index (χ3v) is 3.99. The van der Waals surface area contributed by atoms with E-state index in [-0.39, 0.29) is 6.03 Å². The van der Waals surface area contributed by atoms with Gasteiger partial charge in [0.15, 0.2) is 0 Å². The third-order valence-electron chi connectivity index (χ3n) is 3.99. The number of para-hydroxylation sites is 1. The number of benzene rings is 3. The van der Waals surface area contributed by atoms with Gasteiger partial charge in [0.1, 0.15) is 0 Å². The van der Waals surface area contributed by atoms with Gasteiger partial charge in [-0.15, -0.1) is 0 Å². The van der Waals surface area contributed by atoms with E-state index >= 15 is 0 Å². The first-order valence-electron chi connectivity index (χ1n) is 8.71. The summed E-state index contributed by atoms with van der Waals surface area (Å²) in [5.41, 5.74) is 5.22. The predicted molar refractivity (Wildman–Crippen MR) is 108 cm³/mol. The molecule has 0 bridgehead atoms. The highest BCUT2D eigenvalue weighted by molar-refractivity contribution is 5.89. The molecule has 0 aromatic heterocycles. The van der Waals surface area contributed by atoms with Gasteiger partial charge in [0.2, 0.25) is 0 Å². The normalized spacial score (nSPS) is 10.2. The maximum absolute atomic E-state index is 12.0. The van der Waals surface area contributed by atoms with Crippen LogP contribution in [-0.4, -0.2) is 12.6 Å². The van der Waals surface area contributed by atoms with Crippen molar-refractivity contribution in [2.45, 2.75) is 13.3 Å². The summed E-state index contributed by atoms with van der Waals surface area (Å²) >= 11 is 0. The molecule has 4 heteroatoms. The Morgan fingerprint density at radius 1 is 0.808 bits per heavy atom. The summed E-state index contributed by atoms with van der Waals surface area (Å²) in [7, 11) is 0. The lowest BCUT2D eigenvalue weighted by Gasteiger charge is -2.10. The Morgan fingerprint density at radius 2 is 1.50 bits per heavy atom. The van der Waals surface area contributed by atoms with Crippen molar-refractivity contribution in [3.8, 4) is 0 Å². The Bertz CT molecular complexity index is 845. The minimum atomic E-state index is -0.193. The largest absolute Gasteiger partial charge is 0.356 e. The zero-order valence-corrected chi connectivity index (χ0v) is 14.8. The van der Waals surface area contributed by atoms with Gasteiger partial charge < -0.3 is 16.0 Å². The number of urea groups is 1. The first-order chi connectivity index (χ1) is 12.7. The zero-order chi connectivity index (χ0) is 18.2. The molecule has 132 valence electrons. The van der Waals surface area contributed by atoms with E-state index in [9.17, 15) is 4.79 Å². The minimum absolute atomic E-state index is 0.193. The monoisotopic (exact) mass is 345 g/mol. The molecule has 2 amide bonds. The number of rotatable bonds is 6. The van der Waals surface area contributed by atoms with Crippen LogP contribution < -0.4 is 16.0 Å². The van der Waals surface area contributed by atoms with Gasteiger partial charge in [-0.3, -0.25) is 0 Å². The number of hydrogen-bond acceptors (Lipinski definition) is 2. The molecule has 3 rings (SSSR count). The van der Waals surface area contributed by atoms with Crippen molar-refractivity contribution in [1.29, 1.82) is 0 Å². The summed E-state index contributed by atoms with van der Waals surface area (Å²) in [4.78, 5) is 12.0. The van der Waals surface area contributed by atoms with Crippen molar-refractivity contribution < 1.29 is 4.79 Å². The van der Waals surface area contributed by atoms with Crippen LogP contribution in [0.3, 0.4) is 0 Å². The van der Waals surface area contributed by atoms with Crippen molar-refractivity contribution >= 4 is 23.1 Å². The Hall–Kier alpha value is -3.27. The van der Waals surface area contributed by atoms with E-state index in [2.05, 4.69) is 41.1 Å². The molecule has 4 nitrogen and oxygen atoms in total. The number of carbonyl (C=O) groups excluding carboxylic acids is 1. The minimum Gasteiger partial charge on any atom is -0.356 e. The molecule has 3 aromatic carbocycles. The van der Waals surface area contributed by atoms with E-state index in [0.29, 0.717) is 6.54 Å². The number of amides is 2. The van der Waals surface area contributed by atoms with Crippen molar-refractivity contribution in [3.05, 3.63) is 90.0 Å². The van der Waals surface area contributed by atoms with Crippen LogP contribution in [0.1, 0.15) is 11.1 Å². The summed E-state index contributed by atoms with van der Waals surface area (Å²) in [6.07, 6.45) is 0.815. The second kappa shape index (κ2) is 8.72. The molecule has 0 atom stereocenters. The van der Waals surface area contributed by atoms with Gasteiger partial charge in [-0.25, -0.2) is 4.79 Å². The highest BCUT2D eigenvalue weighted by Crippen LogP contribution is 2.18. The van der Waals surface area contributed by atoms with Crippen molar-refractivity contribution in [1.82, 2.24) is 5.32 Å². The van der Waals surface area contributed by atoms with Crippen LogP contribution in [0.4, 0.5) is 21.9 Å². The Balaban J connectivity index is 1.45. The van der Waals surface area contributed by atoms with Gasteiger partial charge in [0, 0.05) is 23.6 Å². The standard InChI is InChI=1S/C22H23N3O/c1-17-6-5-7-18(16-17)14-15-23-22(26)25-21-12-10-20(11-13-21)24-19-8-3-2-4-9-19/h2-13,16,24H,14-15H2,1H3,(H2,23,25,26). The lowest BCUT2D eigenvalue weighted by molar-refractivity contribution is 0.252. The Labute approximate surface area is 154 Å². The summed E-state index contributed by atoms with van der Waals surface area (Å²) in [6.45, 7) is 2.67. The fourth-order valence-electron chi connectivity index (χ4n) is 2.69. The van der Waals surface area contributed by atoms with Crippen LogP contribution >= 0.6 is 0 Å². The van der Waals surface area contributed by atoms with Gasteiger partial charge in [-0.05, 0) is 55.3 Å². The molecule has 0 fully saturated rings. The molecule has 26 heavy (non-hydrogen) atoms. The van der Waals surface area contributed by atoms with E-state index in [4.69, 9.17) is 0 Å². The molecule has 3 N–H and O–H groups in total. The second-order valence-corrected chi connectivity index (χ2v) is 6.19. The smallest absolute Gasteiger partial charge is 0.319 e. The van der Waals surface area contributed by atoms with E-state index in [1.165, 1.54) is 11.1 Å². The van der Waals surface area contributed by atoms with Crippen LogP contribution in [-0.2, 0) is 6.42 Å². The highest BCUT2D eigenvalue weighted by Gasteiger charge is 2.02. The first kappa shape index (κ1) is 17.5. The molecule has 0 heterocycles. The Kier molecular flexibility index (Phi) is 5.88. The van der Waals surface area contributed by atoms with Gasteiger partial charge in [-0.1, -0.05) is 48.0 Å². The fraction of sp³-hybridized carbons (Fsp3) is 0.136. The predicted octanol–water partition coefficient (Wildman–Crippen LogP) is 5.10. The average Bonchev–Trinajstić information content (AvgIpc) is 2.64. The molecule has 0 spiro atoms. The topological polar surface area (TPSA) is 53.2 Å². The van der Waals surface area contributed by atoms with Gasteiger partial charge >= 0.3 is 6.03 Å². The van der Waals surface area contributed by atoms with Gasteiger partial charge in [0.05, 0.1) is 0 Å². The molecule has 0 saturated heterocycles. The molecule has 0 unspecified atom stereocenters. The van der Waals surface area contributed by atoms with Crippen molar-refractivity contribution in [2.75, 3.05) is 17.2 Å². The molecule has 0 aliphatic carbocycles. The molecule has 0 radical (unpaired) electrons. The summed E-state index contributed by atoms with van der Waals surface area (Å²) in [6, 6.07) is 25.7. The summed E-state index contributed by atoms with van der Waals surface area (Å²) in [5.74, 6) is 0. The van der Waals surface area contributed by atoms with E-state index in [0.717, 1.165) is 23.5 Å². The number of carbonyl (C=O) groups is 1. The maximum atomic E-state index is 12.0. The number of aryl methyl sites for hydroxylation is 1. The Morgan fingerprint density at radius 3 is 2.23 bits per heavy atom. The molecule has 0 aliphatic heterocycles. The second-order valence-electron chi connectivity index (χ2n) is 6.19. The number of nitrogens with one attached hydrogen (secondary N) is 3. The van der Waals surface area contributed by atoms with Crippen LogP contribution in [0.2, 0.25) is 0 Å². The summed E-state index contributed by atoms with van der Waals surface area (Å²) < 4.78 is 0. The quantitative estimate of drug-likeness (QED) is 0.582. The van der Waals surface area contributed by atoms with Crippen LogP contribution in [0.15, 0.2) is 78.9 Å². The first-order valence-corrected chi connectivity index (χ1v) is 8.71. The molecular weight excluding hydrogens is 322 g/mol. The van der Waals surface area contributed by atoms with Crippen LogP contribution in [0.25, 0.3) is 0 Å². The van der Waals surface area contributed by atoms with Gasteiger partial charge in [0.25, 0.3) is 0 Å². The number of hydrogen-bond donors (Lipinski definition) is 3. The zero-order valence-electron chi connectivity index (χ0n) is 14.8. The van der Waals surface area contributed by atoms with Crippen molar-refractivity contribution in [2.24, 2.45) is 0 Å². The average molecular weight is 345 g/mol. The van der Waals surface area contributed by atoms with E-state index in [1.54, 1.807) is 0 Å². The highest BCUT2D eigenvalue weighted by atomic mass is 16.2. The lowest BCUT2D eigenvalue weighted by Crippen LogP contribution is -2.30. The maximum Gasteiger partial charge on any atom is 0.319 e. The lowest BCUT2D eigenvalue weighted by atomic mass is 10.1. The van der Waals surface area contributed by atoms with Crippen molar-refractivity contribution in [3.63, 3.8) is 0 Å². The van der Waals surface area contributed by atoms with Gasteiger partial charge in [-0.2, -0.15) is 0 Å². The number of anilines is 3. The molecule has 3 aromatic rings. The van der Waals surface area contributed by atoms with Crippen LogP contribution in [0.5, 0.6) is 0 Å². The third kappa shape index (κ3) is 5.38. The van der Waals surface area contributed by atoms with E-state index < -0.39 is 0 Å². The summed E-state index contributed by atoms with van der Waals surface area (Å²) in [5, 5.41) is 9.05.